The van der Waals surface area contributed by atoms with Crippen LogP contribution in [0.2, 0.25) is 0 Å². The van der Waals surface area contributed by atoms with Gasteiger partial charge in [0.2, 0.25) is 5.91 Å². The Morgan fingerprint density at radius 1 is 1.12 bits per heavy atom. The Morgan fingerprint density at radius 3 is 2.54 bits per heavy atom. The van der Waals surface area contributed by atoms with E-state index in [0.717, 1.165) is 38.5 Å². The topological polar surface area (TPSA) is 40.5 Å². The van der Waals surface area contributed by atoms with E-state index >= 15 is 0 Å². The SMILES string of the molecule is C#CC1(O)CC[C@H]2[C@@H]3CCC4N(C)C(=O)CC[C@]4(C)[C@@H]3CC[C@@]21C. The van der Waals surface area contributed by atoms with Gasteiger partial charge in [0, 0.05) is 24.9 Å². The standard InChI is InChI=1S/C21H31NO2/c1-5-21(24)13-9-16-14-6-7-17-19(2,11-10-18(23)22(17)4)15(14)8-12-20(16,21)3/h1,14-17,24H,6-13H2,2-4H3/t14-,15-,16+,17?,19-,20+,21?/m1/s1. The summed E-state index contributed by atoms with van der Waals surface area (Å²) in [6.45, 7) is 4.67. The fourth-order valence-corrected chi connectivity index (χ4v) is 7.40. The minimum Gasteiger partial charge on any atom is -0.377 e. The van der Waals surface area contributed by atoms with Gasteiger partial charge in [0.25, 0.3) is 0 Å². The van der Waals surface area contributed by atoms with Gasteiger partial charge in [0.1, 0.15) is 5.60 Å². The number of piperidine rings is 1. The zero-order chi connectivity index (χ0) is 17.3. The van der Waals surface area contributed by atoms with Gasteiger partial charge < -0.3 is 10.0 Å². The quantitative estimate of drug-likeness (QED) is 0.693. The van der Waals surface area contributed by atoms with E-state index in [0.29, 0.717) is 36.1 Å². The molecule has 2 unspecified atom stereocenters. The highest BCUT2D eigenvalue weighted by Crippen LogP contribution is 2.66. The van der Waals surface area contributed by atoms with Crippen molar-refractivity contribution < 1.29 is 9.90 Å². The number of rotatable bonds is 0. The van der Waals surface area contributed by atoms with Crippen molar-refractivity contribution in [3.8, 4) is 12.3 Å². The molecule has 1 N–H and O–H groups in total. The van der Waals surface area contributed by atoms with Crippen molar-refractivity contribution in [2.24, 2.45) is 28.6 Å². The van der Waals surface area contributed by atoms with Crippen LogP contribution in [0, 0.1) is 40.9 Å². The van der Waals surface area contributed by atoms with Crippen molar-refractivity contribution in [2.45, 2.75) is 76.9 Å². The van der Waals surface area contributed by atoms with E-state index < -0.39 is 5.60 Å². The molecule has 7 atom stereocenters. The third-order valence-electron chi connectivity index (χ3n) is 8.95. The van der Waals surface area contributed by atoms with Crippen LogP contribution in [-0.2, 0) is 4.79 Å². The first-order valence-electron chi connectivity index (χ1n) is 9.73. The summed E-state index contributed by atoms with van der Waals surface area (Å²) in [5.41, 5.74) is -0.800. The second-order valence-electron chi connectivity index (χ2n) is 9.48. The molecule has 1 heterocycles. The van der Waals surface area contributed by atoms with Gasteiger partial charge in [-0.25, -0.2) is 0 Å². The summed E-state index contributed by atoms with van der Waals surface area (Å²) < 4.78 is 0. The maximum Gasteiger partial charge on any atom is 0.222 e. The molecule has 0 spiro atoms. The summed E-state index contributed by atoms with van der Waals surface area (Å²) in [6, 6.07) is 0.400. The van der Waals surface area contributed by atoms with Crippen molar-refractivity contribution in [3.63, 3.8) is 0 Å². The second-order valence-corrected chi connectivity index (χ2v) is 9.48. The third-order valence-corrected chi connectivity index (χ3v) is 8.95. The van der Waals surface area contributed by atoms with Crippen LogP contribution in [-0.4, -0.2) is 34.6 Å². The number of hydrogen-bond donors (Lipinski definition) is 1. The van der Waals surface area contributed by atoms with Gasteiger partial charge in [-0.05, 0) is 68.1 Å². The Morgan fingerprint density at radius 2 is 1.83 bits per heavy atom. The van der Waals surface area contributed by atoms with Crippen LogP contribution < -0.4 is 0 Å². The fourth-order valence-electron chi connectivity index (χ4n) is 7.40. The van der Waals surface area contributed by atoms with Gasteiger partial charge in [-0.3, -0.25) is 4.79 Å². The second kappa shape index (κ2) is 5.01. The number of likely N-dealkylation sites (tertiary alicyclic amines) is 1. The first kappa shape index (κ1) is 16.5. The van der Waals surface area contributed by atoms with Gasteiger partial charge in [-0.15, -0.1) is 6.42 Å². The monoisotopic (exact) mass is 329 g/mol. The lowest BCUT2D eigenvalue weighted by atomic mass is 9.46. The predicted molar refractivity (Wildman–Crippen MR) is 94.0 cm³/mol. The van der Waals surface area contributed by atoms with Gasteiger partial charge in [0.15, 0.2) is 0 Å². The first-order chi connectivity index (χ1) is 11.3. The predicted octanol–water partition coefficient (Wildman–Crippen LogP) is 3.21. The van der Waals surface area contributed by atoms with Crippen LogP contribution >= 0.6 is 0 Å². The Kier molecular flexibility index (Phi) is 3.43. The molecule has 3 saturated carbocycles. The molecule has 4 fully saturated rings. The molecule has 3 aliphatic carbocycles. The molecule has 0 aromatic rings. The Hall–Kier alpha value is -1.01. The number of aliphatic hydroxyl groups is 1. The molecule has 3 nitrogen and oxygen atoms in total. The number of amides is 1. The van der Waals surface area contributed by atoms with E-state index in [1.807, 2.05) is 11.9 Å². The summed E-state index contributed by atoms with van der Waals surface area (Å²) in [6.07, 6.45) is 13.8. The highest BCUT2D eigenvalue weighted by Gasteiger charge is 2.64. The average molecular weight is 329 g/mol. The lowest BCUT2D eigenvalue weighted by Crippen LogP contribution is -2.62. The summed E-state index contributed by atoms with van der Waals surface area (Å²) in [5, 5.41) is 11.0. The highest BCUT2D eigenvalue weighted by molar-refractivity contribution is 5.77. The molecule has 1 aliphatic heterocycles. The number of terminal acetylenes is 1. The van der Waals surface area contributed by atoms with E-state index in [-0.39, 0.29) is 10.8 Å². The summed E-state index contributed by atoms with van der Waals surface area (Å²) in [5.74, 6) is 4.95. The molecule has 0 aromatic heterocycles. The highest BCUT2D eigenvalue weighted by atomic mass is 16.3. The summed E-state index contributed by atoms with van der Waals surface area (Å²) in [4.78, 5) is 14.2. The normalized spacial score (nSPS) is 53.8. The minimum absolute atomic E-state index is 0.123. The van der Waals surface area contributed by atoms with Crippen LogP contribution in [0.4, 0.5) is 0 Å². The molecule has 4 aliphatic rings. The molecule has 3 heteroatoms. The molecule has 1 saturated heterocycles. The van der Waals surface area contributed by atoms with Gasteiger partial charge in [-0.2, -0.15) is 0 Å². The number of nitrogens with zero attached hydrogens (tertiary/aromatic N) is 1. The molecule has 0 aromatic carbocycles. The van der Waals surface area contributed by atoms with Crippen molar-refractivity contribution >= 4 is 5.91 Å². The van der Waals surface area contributed by atoms with E-state index in [4.69, 9.17) is 6.42 Å². The van der Waals surface area contributed by atoms with Crippen LogP contribution in [0.25, 0.3) is 0 Å². The molecule has 24 heavy (non-hydrogen) atoms. The van der Waals surface area contributed by atoms with Crippen LogP contribution in [0.5, 0.6) is 0 Å². The largest absolute Gasteiger partial charge is 0.377 e. The van der Waals surface area contributed by atoms with Crippen molar-refractivity contribution in [1.82, 2.24) is 4.90 Å². The molecule has 0 radical (unpaired) electrons. The molecule has 132 valence electrons. The van der Waals surface area contributed by atoms with Gasteiger partial charge >= 0.3 is 0 Å². The van der Waals surface area contributed by atoms with E-state index in [9.17, 15) is 9.90 Å². The minimum atomic E-state index is -0.917. The first-order valence-corrected chi connectivity index (χ1v) is 9.73. The summed E-state index contributed by atoms with van der Waals surface area (Å²) in [7, 11) is 2.00. The lowest BCUT2D eigenvalue weighted by molar-refractivity contribution is -0.163. The Balaban J connectivity index is 1.67. The van der Waals surface area contributed by atoms with E-state index in [1.54, 1.807) is 0 Å². The third kappa shape index (κ3) is 1.81. The van der Waals surface area contributed by atoms with E-state index in [1.165, 1.54) is 6.42 Å². The molecule has 0 bridgehead atoms. The lowest BCUT2D eigenvalue weighted by Gasteiger charge is -2.62. The number of carbonyl (C=O) groups excluding carboxylic acids is 1. The Labute approximate surface area is 146 Å². The molecular formula is C21H31NO2. The maximum atomic E-state index is 12.2. The van der Waals surface area contributed by atoms with Crippen molar-refractivity contribution in [2.75, 3.05) is 7.05 Å². The van der Waals surface area contributed by atoms with Crippen molar-refractivity contribution in [3.05, 3.63) is 0 Å². The average Bonchev–Trinajstić information content (AvgIpc) is 2.84. The van der Waals surface area contributed by atoms with Gasteiger partial charge in [-0.1, -0.05) is 19.8 Å². The smallest absolute Gasteiger partial charge is 0.222 e. The number of fused-ring (bicyclic) bond motifs is 5. The van der Waals surface area contributed by atoms with E-state index in [2.05, 4.69) is 19.8 Å². The van der Waals surface area contributed by atoms with Crippen LogP contribution in [0.15, 0.2) is 0 Å². The molecular weight excluding hydrogens is 298 g/mol. The zero-order valence-electron chi connectivity index (χ0n) is 15.3. The van der Waals surface area contributed by atoms with Crippen LogP contribution in [0.1, 0.15) is 65.2 Å². The number of hydrogen-bond acceptors (Lipinski definition) is 2. The maximum absolute atomic E-state index is 12.2. The molecule has 1 amide bonds. The van der Waals surface area contributed by atoms with Gasteiger partial charge in [0.05, 0.1) is 0 Å². The number of carbonyl (C=O) groups is 1. The Bertz CT molecular complexity index is 609. The van der Waals surface area contributed by atoms with Crippen molar-refractivity contribution in [1.29, 1.82) is 0 Å². The summed E-state index contributed by atoms with van der Waals surface area (Å²) >= 11 is 0. The van der Waals surface area contributed by atoms with Crippen LogP contribution in [0.3, 0.4) is 0 Å². The molecule has 4 rings (SSSR count). The zero-order valence-corrected chi connectivity index (χ0v) is 15.3. The fraction of sp³-hybridized carbons (Fsp3) is 0.857.